The fourth-order valence-electron chi connectivity index (χ4n) is 1.28. The summed E-state index contributed by atoms with van der Waals surface area (Å²) in [6, 6.07) is 2.03. The highest BCUT2D eigenvalue weighted by atomic mass is 32.2. The summed E-state index contributed by atoms with van der Waals surface area (Å²) in [6.45, 7) is 1.62. The third kappa shape index (κ3) is 3.80. The van der Waals surface area contributed by atoms with E-state index in [0.29, 0.717) is 18.6 Å². The van der Waals surface area contributed by atoms with Gasteiger partial charge in [-0.05, 0) is 24.6 Å². The number of nitrogens with one attached hydrogen (secondary N) is 1. The lowest BCUT2D eigenvalue weighted by Crippen LogP contribution is -2.17. The molecule has 0 amide bonds. The Balaban J connectivity index is 3.10. The van der Waals surface area contributed by atoms with Crippen LogP contribution in [0.5, 0.6) is 5.75 Å². The van der Waals surface area contributed by atoms with E-state index in [1.54, 1.807) is 6.92 Å². The van der Waals surface area contributed by atoms with Crippen molar-refractivity contribution in [3.05, 3.63) is 23.8 Å². The lowest BCUT2D eigenvalue weighted by molar-refractivity contribution is -0.137. The van der Waals surface area contributed by atoms with Crippen molar-refractivity contribution in [1.29, 1.82) is 0 Å². The van der Waals surface area contributed by atoms with Gasteiger partial charge in [-0.2, -0.15) is 13.2 Å². The summed E-state index contributed by atoms with van der Waals surface area (Å²) in [4.78, 5) is 0. The number of phenolic OH excluding ortho intramolecular Hbond substituents is 1. The molecule has 0 aliphatic rings. The van der Waals surface area contributed by atoms with E-state index >= 15 is 0 Å². The number of alkyl halides is 3. The third-order valence-corrected chi connectivity index (χ3v) is 3.54. The zero-order valence-electron chi connectivity index (χ0n) is 9.45. The molecule has 1 aromatic rings. The number of hydrogen-bond acceptors (Lipinski definition) is 3. The van der Waals surface area contributed by atoms with Crippen molar-refractivity contribution in [2.24, 2.45) is 0 Å². The van der Waals surface area contributed by atoms with E-state index in [2.05, 4.69) is 0 Å². The number of anilines is 1. The largest absolute Gasteiger partial charge is 0.506 e. The first-order valence-corrected chi connectivity index (χ1v) is 6.71. The molecule has 0 atom stereocenters. The van der Waals surface area contributed by atoms with Gasteiger partial charge in [-0.15, -0.1) is 0 Å². The summed E-state index contributed by atoms with van der Waals surface area (Å²) < 4.78 is 62.0. The van der Waals surface area contributed by atoms with Gasteiger partial charge in [-0.1, -0.05) is 6.92 Å². The Morgan fingerprint density at radius 3 is 2.44 bits per heavy atom. The molecule has 0 aliphatic carbocycles. The first kappa shape index (κ1) is 14.6. The smallest absolute Gasteiger partial charge is 0.416 e. The minimum atomic E-state index is -4.60. The molecule has 0 saturated heterocycles. The van der Waals surface area contributed by atoms with Gasteiger partial charge in [0.15, 0.2) is 0 Å². The molecule has 2 N–H and O–H groups in total. The van der Waals surface area contributed by atoms with Crippen molar-refractivity contribution in [3.8, 4) is 5.75 Å². The Morgan fingerprint density at radius 2 is 1.94 bits per heavy atom. The van der Waals surface area contributed by atoms with Gasteiger partial charge >= 0.3 is 6.18 Å². The molecule has 0 bridgehead atoms. The Hall–Kier alpha value is -1.44. The molecule has 1 aromatic carbocycles. The van der Waals surface area contributed by atoms with Crippen molar-refractivity contribution in [2.45, 2.75) is 19.5 Å². The van der Waals surface area contributed by atoms with Crippen molar-refractivity contribution >= 4 is 15.7 Å². The van der Waals surface area contributed by atoms with Crippen LogP contribution in [0.4, 0.5) is 18.9 Å². The quantitative estimate of drug-likeness (QED) is 0.835. The molecule has 0 aliphatic heterocycles. The van der Waals surface area contributed by atoms with E-state index in [1.165, 1.54) is 0 Å². The molecular formula is C10H12F3NO3S. The Bertz CT molecular complexity index is 526. The highest BCUT2D eigenvalue weighted by molar-refractivity contribution is 7.92. The van der Waals surface area contributed by atoms with Crippen LogP contribution in [-0.4, -0.2) is 19.3 Å². The first-order valence-electron chi connectivity index (χ1n) is 5.06. The summed E-state index contributed by atoms with van der Waals surface area (Å²) >= 11 is 0. The maximum absolute atomic E-state index is 12.4. The topological polar surface area (TPSA) is 66.4 Å². The van der Waals surface area contributed by atoms with Crippen LogP contribution in [-0.2, 0) is 16.2 Å². The third-order valence-electron chi connectivity index (χ3n) is 2.06. The van der Waals surface area contributed by atoms with Crippen LogP contribution in [0.2, 0.25) is 0 Å². The van der Waals surface area contributed by atoms with Crippen LogP contribution in [0.25, 0.3) is 0 Å². The minimum absolute atomic E-state index is 0.233. The van der Waals surface area contributed by atoms with Crippen LogP contribution in [0.15, 0.2) is 18.2 Å². The van der Waals surface area contributed by atoms with E-state index < -0.39 is 33.2 Å². The van der Waals surface area contributed by atoms with Crippen LogP contribution >= 0.6 is 0 Å². The van der Waals surface area contributed by atoms with E-state index in [4.69, 9.17) is 0 Å². The normalized spacial score (nSPS) is 12.4. The summed E-state index contributed by atoms with van der Waals surface area (Å²) in [5.41, 5.74) is -1.51. The number of halogens is 3. The molecule has 102 valence electrons. The zero-order chi connectivity index (χ0) is 14.0. The van der Waals surface area contributed by atoms with Gasteiger partial charge in [-0.3, -0.25) is 4.72 Å². The van der Waals surface area contributed by atoms with Gasteiger partial charge in [0.1, 0.15) is 5.75 Å². The van der Waals surface area contributed by atoms with Crippen LogP contribution in [0.1, 0.15) is 18.9 Å². The second-order valence-corrected chi connectivity index (χ2v) is 5.49. The van der Waals surface area contributed by atoms with E-state index in [9.17, 15) is 26.7 Å². The molecule has 0 spiro atoms. The van der Waals surface area contributed by atoms with Gasteiger partial charge in [-0.25, -0.2) is 8.42 Å². The molecule has 1 rings (SSSR count). The number of hydrogen-bond donors (Lipinski definition) is 2. The molecule has 4 nitrogen and oxygen atoms in total. The average molecular weight is 283 g/mol. The second-order valence-electron chi connectivity index (χ2n) is 3.65. The van der Waals surface area contributed by atoms with Crippen LogP contribution in [0.3, 0.4) is 0 Å². The summed E-state index contributed by atoms with van der Waals surface area (Å²) in [6.07, 6.45) is -4.28. The number of sulfonamides is 1. The molecule has 18 heavy (non-hydrogen) atoms. The van der Waals surface area contributed by atoms with Gasteiger partial charge in [0.2, 0.25) is 10.0 Å². The lowest BCUT2D eigenvalue weighted by Gasteiger charge is -2.12. The Kier molecular flexibility index (Phi) is 4.10. The molecule has 0 aromatic heterocycles. The van der Waals surface area contributed by atoms with E-state index in [-0.39, 0.29) is 5.75 Å². The monoisotopic (exact) mass is 283 g/mol. The molecule has 8 heteroatoms. The number of phenols is 1. The lowest BCUT2D eigenvalue weighted by atomic mass is 10.2. The SMILES string of the molecule is CCCS(=O)(=O)Nc1cc(C(F)(F)F)ccc1O. The highest BCUT2D eigenvalue weighted by Gasteiger charge is 2.31. The van der Waals surface area contributed by atoms with Gasteiger partial charge in [0.25, 0.3) is 0 Å². The number of benzene rings is 1. The predicted molar refractivity (Wildman–Crippen MR) is 60.8 cm³/mol. The second kappa shape index (κ2) is 5.05. The minimum Gasteiger partial charge on any atom is -0.506 e. The highest BCUT2D eigenvalue weighted by Crippen LogP contribution is 2.34. The number of rotatable bonds is 4. The average Bonchev–Trinajstić information content (AvgIpc) is 2.19. The van der Waals surface area contributed by atoms with Crippen LogP contribution < -0.4 is 4.72 Å². The number of aromatic hydroxyl groups is 1. The fraction of sp³-hybridized carbons (Fsp3) is 0.400. The van der Waals surface area contributed by atoms with E-state index in [1.807, 2.05) is 4.72 Å². The zero-order valence-corrected chi connectivity index (χ0v) is 10.3. The first-order chi connectivity index (χ1) is 8.15. The Labute approximate surface area is 102 Å². The van der Waals surface area contributed by atoms with Crippen molar-refractivity contribution in [3.63, 3.8) is 0 Å². The summed E-state index contributed by atoms with van der Waals surface area (Å²) in [5, 5.41) is 9.34. The standard InChI is InChI=1S/C10H12F3NO3S/c1-2-5-18(16,17)14-8-6-7(10(11,12)13)3-4-9(8)15/h3-4,6,14-15H,2,5H2,1H3. The van der Waals surface area contributed by atoms with Crippen molar-refractivity contribution in [2.75, 3.05) is 10.5 Å². The molecular weight excluding hydrogens is 271 g/mol. The van der Waals surface area contributed by atoms with Gasteiger partial charge in [0.05, 0.1) is 17.0 Å². The van der Waals surface area contributed by atoms with Crippen LogP contribution in [0, 0.1) is 0 Å². The van der Waals surface area contributed by atoms with Crippen molar-refractivity contribution < 1.29 is 26.7 Å². The molecule has 0 unspecified atom stereocenters. The Morgan fingerprint density at radius 1 is 1.33 bits per heavy atom. The molecule has 0 fully saturated rings. The fourth-order valence-corrected chi connectivity index (χ4v) is 2.42. The molecule has 0 heterocycles. The maximum atomic E-state index is 12.4. The maximum Gasteiger partial charge on any atom is 0.416 e. The molecule has 0 saturated carbocycles. The predicted octanol–water partition coefficient (Wildman–Crippen LogP) is 2.56. The van der Waals surface area contributed by atoms with E-state index in [0.717, 1.165) is 6.07 Å². The van der Waals surface area contributed by atoms with Gasteiger partial charge in [0, 0.05) is 0 Å². The van der Waals surface area contributed by atoms with Crippen molar-refractivity contribution in [1.82, 2.24) is 0 Å². The van der Waals surface area contributed by atoms with Gasteiger partial charge < -0.3 is 5.11 Å². The summed E-state index contributed by atoms with van der Waals surface area (Å²) in [5.74, 6) is -0.787. The summed E-state index contributed by atoms with van der Waals surface area (Å²) in [7, 11) is -3.75. The molecule has 0 radical (unpaired) electrons.